The van der Waals surface area contributed by atoms with Crippen molar-refractivity contribution < 1.29 is 9.90 Å². The van der Waals surface area contributed by atoms with Crippen LogP contribution in [0.3, 0.4) is 0 Å². The number of hydrogen-bond donors (Lipinski definition) is 1. The maximum Gasteiger partial charge on any atom is 0.307 e. The van der Waals surface area contributed by atoms with Gasteiger partial charge < -0.3 is 5.11 Å². The van der Waals surface area contributed by atoms with Gasteiger partial charge in [-0.2, -0.15) is 5.10 Å². The van der Waals surface area contributed by atoms with Crippen molar-refractivity contribution in [2.45, 2.75) is 6.42 Å². The van der Waals surface area contributed by atoms with E-state index in [2.05, 4.69) is 10.1 Å². The Bertz CT molecular complexity index is 449. The van der Waals surface area contributed by atoms with Crippen LogP contribution < -0.4 is 0 Å². The number of rotatable bonds is 2. The predicted octanol–water partition coefficient (Wildman–Crippen LogP) is 0.356. The van der Waals surface area contributed by atoms with E-state index in [1.54, 1.807) is 22.8 Å². The van der Waals surface area contributed by atoms with E-state index in [1.807, 2.05) is 0 Å². The third-order valence-corrected chi connectivity index (χ3v) is 1.69. The molecule has 2 aromatic rings. The summed E-state index contributed by atoms with van der Waals surface area (Å²) in [7, 11) is 0. The summed E-state index contributed by atoms with van der Waals surface area (Å²) in [5.74, 6) is -0.848. The third kappa shape index (κ3) is 1.48. The van der Waals surface area contributed by atoms with Gasteiger partial charge in [0.2, 0.25) is 0 Å². The van der Waals surface area contributed by atoms with Crippen molar-refractivity contribution in [1.82, 2.24) is 14.6 Å². The normalized spacial score (nSPS) is 10.5. The minimum absolute atomic E-state index is 0.00972. The molecule has 0 aromatic carbocycles. The number of fused-ring (bicyclic) bond motifs is 1. The fourth-order valence-corrected chi connectivity index (χ4v) is 1.14. The lowest BCUT2D eigenvalue weighted by atomic mass is 10.2. The molecule has 2 aromatic heterocycles. The Hall–Kier alpha value is -1.91. The summed E-state index contributed by atoms with van der Waals surface area (Å²) in [6, 6.07) is 3.48. The molecule has 0 radical (unpaired) electrons. The third-order valence-electron chi connectivity index (χ3n) is 1.69. The van der Waals surface area contributed by atoms with E-state index in [9.17, 15) is 4.79 Å². The zero-order valence-electron chi connectivity index (χ0n) is 6.71. The standard InChI is InChI=1S/C8H7N3O2/c12-8(13)3-6-1-2-7-9-5-10-11(7)4-6/h1-2,4-5H,3H2,(H,12,13). The molecule has 2 heterocycles. The summed E-state index contributed by atoms with van der Waals surface area (Å²) in [5, 5.41) is 12.4. The fourth-order valence-electron chi connectivity index (χ4n) is 1.14. The first-order valence-corrected chi connectivity index (χ1v) is 3.76. The Labute approximate surface area is 73.6 Å². The monoisotopic (exact) mass is 177 g/mol. The van der Waals surface area contributed by atoms with Crippen LogP contribution in [0.25, 0.3) is 5.65 Å². The second-order valence-electron chi connectivity index (χ2n) is 2.67. The van der Waals surface area contributed by atoms with Crippen molar-refractivity contribution in [2.24, 2.45) is 0 Å². The SMILES string of the molecule is O=C(O)Cc1ccc2ncnn2c1. The molecule has 0 atom stereocenters. The highest BCUT2D eigenvalue weighted by Gasteiger charge is 2.01. The van der Waals surface area contributed by atoms with Gasteiger partial charge >= 0.3 is 5.97 Å². The Morgan fingerprint density at radius 1 is 1.54 bits per heavy atom. The molecule has 0 bridgehead atoms. The number of aromatic nitrogens is 3. The molecule has 13 heavy (non-hydrogen) atoms. The molecule has 5 nitrogen and oxygen atoms in total. The summed E-state index contributed by atoms with van der Waals surface area (Å²) in [6.07, 6.45) is 3.10. The van der Waals surface area contributed by atoms with Gasteiger partial charge in [-0.05, 0) is 11.6 Å². The summed E-state index contributed by atoms with van der Waals surface area (Å²) in [6.45, 7) is 0. The van der Waals surface area contributed by atoms with E-state index in [4.69, 9.17) is 5.11 Å². The van der Waals surface area contributed by atoms with Crippen molar-refractivity contribution in [3.8, 4) is 0 Å². The average molecular weight is 177 g/mol. The molecule has 5 heteroatoms. The zero-order chi connectivity index (χ0) is 9.26. The van der Waals surface area contributed by atoms with Gasteiger partial charge in [-0.3, -0.25) is 4.79 Å². The maximum absolute atomic E-state index is 10.4. The molecule has 1 N–H and O–H groups in total. The quantitative estimate of drug-likeness (QED) is 0.719. The minimum Gasteiger partial charge on any atom is -0.481 e. The van der Waals surface area contributed by atoms with Gasteiger partial charge in [0.1, 0.15) is 6.33 Å². The van der Waals surface area contributed by atoms with Gasteiger partial charge in [0.05, 0.1) is 6.42 Å². The van der Waals surface area contributed by atoms with Crippen molar-refractivity contribution in [1.29, 1.82) is 0 Å². The molecule has 0 amide bonds. The lowest BCUT2D eigenvalue weighted by molar-refractivity contribution is -0.136. The van der Waals surface area contributed by atoms with Crippen LogP contribution in [0.2, 0.25) is 0 Å². The van der Waals surface area contributed by atoms with E-state index in [0.29, 0.717) is 11.2 Å². The predicted molar refractivity (Wildman–Crippen MR) is 44.3 cm³/mol. The van der Waals surface area contributed by atoms with E-state index < -0.39 is 5.97 Å². The van der Waals surface area contributed by atoms with E-state index in [-0.39, 0.29) is 6.42 Å². The smallest absolute Gasteiger partial charge is 0.307 e. The van der Waals surface area contributed by atoms with Crippen molar-refractivity contribution in [2.75, 3.05) is 0 Å². The zero-order valence-corrected chi connectivity index (χ0v) is 6.71. The average Bonchev–Trinajstić information content (AvgIpc) is 2.49. The van der Waals surface area contributed by atoms with Gasteiger partial charge in [0.15, 0.2) is 5.65 Å². The first-order chi connectivity index (χ1) is 6.25. The summed E-state index contributed by atoms with van der Waals surface area (Å²) < 4.78 is 1.55. The summed E-state index contributed by atoms with van der Waals surface area (Å²) >= 11 is 0. The van der Waals surface area contributed by atoms with Crippen LogP contribution in [0, 0.1) is 0 Å². The molecule has 2 rings (SSSR count). The largest absolute Gasteiger partial charge is 0.481 e. The number of pyridine rings is 1. The lowest BCUT2D eigenvalue weighted by Crippen LogP contribution is -2.01. The molecule has 0 aliphatic carbocycles. The van der Waals surface area contributed by atoms with Gasteiger partial charge in [-0.1, -0.05) is 6.07 Å². The Balaban J connectivity index is 2.42. The Morgan fingerprint density at radius 2 is 2.38 bits per heavy atom. The van der Waals surface area contributed by atoms with Crippen LogP contribution in [-0.4, -0.2) is 25.7 Å². The van der Waals surface area contributed by atoms with Gasteiger partial charge in [-0.15, -0.1) is 0 Å². The second-order valence-corrected chi connectivity index (χ2v) is 2.67. The highest BCUT2D eigenvalue weighted by molar-refractivity contribution is 5.70. The van der Waals surface area contributed by atoms with Crippen LogP contribution >= 0.6 is 0 Å². The minimum atomic E-state index is -0.848. The molecule has 0 aliphatic heterocycles. The number of aliphatic carboxylic acids is 1. The topological polar surface area (TPSA) is 67.5 Å². The molecule has 0 saturated heterocycles. The van der Waals surface area contributed by atoms with Gasteiger partial charge in [0, 0.05) is 6.20 Å². The molecule has 0 aliphatic rings. The molecule has 0 spiro atoms. The van der Waals surface area contributed by atoms with Crippen LogP contribution in [-0.2, 0) is 11.2 Å². The van der Waals surface area contributed by atoms with Crippen molar-refractivity contribution >= 4 is 11.6 Å². The molecular formula is C8H7N3O2. The summed E-state index contributed by atoms with van der Waals surface area (Å²) in [4.78, 5) is 14.3. The van der Waals surface area contributed by atoms with E-state index in [1.165, 1.54) is 6.33 Å². The lowest BCUT2D eigenvalue weighted by Gasteiger charge is -1.96. The van der Waals surface area contributed by atoms with Crippen molar-refractivity contribution in [3.63, 3.8) is 0 Å². The van der Waals surface area contributed by atoms with Crippen molar-refractivity contribution in [3.05, 3.63) is 30.2 Å². The fraction of sp³-hybridized carbons (Fsp3) is 0.125. The molecule has 66 valence electrons. The van der Waals surface area contributed by atoms with Crippen LogP contribution in [0.5, 0.6) is 0 Å². The van der Waals surface area contributed by atoms with E-state index >= 15 is 0 Å². The van der Waals surface area contributed by atoms with Crippen LogP contribution in [0.1, 0.15) is 5.56 Å². The first kappa shape index (κ1) is 7.72. The number of carboxylic acids is 1. The number of carbonyl (C=O) groups is 1. The number of nitrogens with zero attached hydrogens (tertiary/aromatic N) is 3. The maximum atomic E-state index is 10.4. The Kier molecular flexibility index (Phi) is 1.70. The van der Waals surface area contributed by atoms with Crippen LogP contribution in [0.15, 0.2) is 24.7 Å². The summed E-state index contributed by atoms with van der Waals surface area (Å²) in [5.41, 5.74) is 1.43. The number of carboxylic acid groups (broad SMARTS) is 1. The Morgan fingerprint density at radius 3 is 3.15 bits per heavy atom. The number of hydrogen-bond acceptors (Lipinski definition) is 3. The van der Waals surface area contributed by atoms with Gasteiger partial charge in [-0.25, -0.2) is 9.50 Å². The van der Waals surface area contributed by atoms with Crippen LogP contribution in [0.4, 0.5) is 0 Å². The highest BCUT2D eigenvalue weighted by Crippen LogP contribution is 2.03. The molecule has 0 unspecified atom stereocenters. The van der Waals surface area contributed by atoms with E-state index in [0.717, 1.165) is 0 Å². The van der Waals surface area contributed by atoms with Gasteiger partial charge in [0.25, 0.3) is 0 Å². The molecule has 0 fully saturated rings. The first-order valence-electron chi connectivity index (χ1n) is 3.76. The molecular weight excluding hydrogens is 170 g/mol. The second kappa shape index (κ2) is 2.85. The highest BCUT2D eigenvalue weighted by atomic mass is 16.4. The molecule has 0 saturated carbocycles.